The highest BCUT2D eigenvalue weighted by atomic mass is 32.1. The minimum absolute atomic E-state index is 0.151. The van der Waals surface area contributed by atoms with Crippen LogP contribution in [0, 0.1) is 0 Å². The van der Waals surface area contributed by atoms with E-state index >= 15 is 0 Å². The Morgan fingerprint density at radius 3 is 2.76 bits per heavy atom. The van der Waals surface area contributed by atoms with E-state index in [0.29, 0.717) is 21.9 Å². The van der Waals surface area contributed by atoms with Gasteiger partial charge in [-0.1, -0.05) is 42.2 Å². The van der Waals surface area contributed by atoms with Crippen LogP contribution in [0.5, 0.6) is 5.75 Å². The summed E-state index contributed by atoms with van der Waals surface area (Å²) in [5.41, 5.74) is 0.772. The minimum Gasteiger partial charge on any atom is -0.490 e. The van der Waals surface area contributed by atoms with E-state index in [1.165, 1.54) is 15.9 Å². The Labute approximate surface area is 151 Å². The van der Waals surface area contributed by atoms with Gasteiger partial charge in [0.15, 0.2) is 5.82 Å². The third-order valence-electron chi connectivity index (χ3n) is 3.47. The van der Waals surface area contributed by atoms with Gasteiger partial charge in [0.05, 0.1) is 9.41 Å². The quantitative estimate of drug-likeness (QED) is 0.509. The summed E-state index contributed by atoms with van der Waals surface area (Å²) in [6.45, 7) is 4.09. The Bertz CT molecular complexity index is 1130. The third-order valence-corrected chi connectivity index (χ3v) is 5.29. The predicted molar refractivity (Wildman–Crippen MR) is 101 cm³/mol. The topological polar surface area (TPSA) is 56.5 Å². The van der Waals surface area contributed by atoms with Gasteiger partial charge in [0.2, 0.25) is 4.96 Å². The summed E-state index contributed by atoms with van der Waals surface area (Å²) in [6, 6.07) is 11.4. The summed E-state index contributed by atoms with van der Waals surface area (Å²) in [5.74, 6) is 1.36. The van der Waals surface area contributed by atoms with Crippen molar-refractivity contribution in [3.8, 4) is 16.5 Å². The fourth-order valence-electron chi connectivity index (χ4n) is 2.31. The number of hydrogen-bond donors (Lipinski definition) is 0. The van der Waals surface area contributed by atoms with Crippen LogP contribution >= 0.6 is 22.7 Å². The number of benzene rings is 1. The van der Waals surface area contributed by atoms with E-state index in [2.05, 4.69) is 16.7 Å². The van der Waals surface area contributed by atoms with Gasteiger partial charge in [0, 0.05) is 0 Å². The zero-order valence-corrected chi connectivity index (χ0v) is 14.7. The van der Waals surface area contributed by atoms with Crippen molar-refractivity contribution in [2.75, 3.05) is 6.61 Å². The number of fused-ring (bicyclic) bond motifs is 1. The average Bonchev–Trinajstić information content (AvgIpc) is 3.33. The molecule has 0 atom stereocenters. The number of thiazole rings is 1. The molecule has 4 rings (SSSR count). The van der Waals surface area contributed by atoms with E-state index in [1.54, 1.807) is 17.4 Å². The van der Waals surface area contributed by atoms with Gasteiger partial charge >= 0.3 is 0 Å². The van der Waals surface area contributed by atoms with Gasteiger partial charge in [-0.25, -0.2) is 0 Å². The Morgan fingerprint density at radius 1 is 1.24 bits per heavy atom. The SMILES string of the molecule is C=CCOc1ccc(C=c2sc3nc(-c4cccs4)nn3c2=O)cc1. The van der Waals surface area contributed by atoms with Crippen molar-refractivity contribution in [2.24, 2.45) is 0 Å². The summed E-state index contributed by atoms with van der Waals surface area (Å²) in [7, 11) is 0. The first-order chi connectivity index (χ1) is 12.2. The lowest BCUT2D eigenvalue weighted by Crippen LogP contribution is -2.23. The molecule has 0 aliphatic rings. The number of ether oxygens (including phenoxy) is 1. The maximum atomic E-state index is 12.5. The molecule has 0 saturated carbocycles. The summed E-state index contributed by atoms with van der Waals surface area (Å²) in [4.78, 5) is 18.5. The molecule has 0 spiro atoms. The molecule has 124 valence electrons. The highest BCUT2D eigenvalue weighted by Gasteiger charge is 2.12. The minimum atomic E-state index is -0.151. The highest BCUT2D eigenvalue weighted by Crippen LogP contribution is 2.21. The van der Waals surface area contributed by atoms with Crippen LogP contribution in [-0.2, 0) is 0 Å². The fourth-order valence-corrected chi connectivity index (χ4v) is 3.87. The summed E-state index contributed by atoms with van der Waals surface area (Å²) in [6.07, 6.45) is 3.54. The molecule has 0 aliphatic heterocycles. The molecule has 25 heavy (non-hydrogen) atoms. The van der Waals surface area contributed by atoms with E-state index in [0.717, 1.165) is 16.2 Å². The lowest BCUT2D eigenvalue weighted by Gasteiger charge is -2.02. The molecule has 4 aromatic rings. The van der Waals surface area contributed by atoms with E-state index < -0.39 is 0 Å². The number of nitrogens with zero attached hydrogens (tertiary/aromatic N) is 3. The molecule has 7 heteroatoms. The Kier molecular flexibility index (Phi) is 4.17. The Hall–Kier alpha value is -2.77. The lowest BCUT2D eigenvalue weighted by molar-refractivity contribution is 0.363. The van der Waals surface area contributed by atoms with E-state index in [4.69, 9.17) is 4.74 Å². The van der Waals surface area contributed by atoms with Crippen molar-refractivity contribution in [1.82, 2.24) is 14.6 Å². The maximum absolute atomic E-state index is 12.5. The van der Waals surface area contributed by atoms with Crippen molar-refractivity contribution in [2.45, 2.75) is 0 Å². The normalized spacial score (nSPS) is 11.9. The number of hydrogen-bond acceptors (Lipinski definition) is 6. The molecule has 3 heterocycles. The molecule has 0 N–H and O–H groups in total. The second-order valence-electron chi connectivity index (χ2n) is 5.19. The summed E-state index contributed by atoms with van der Waals surface area (Å²) >= 11 is 2.89. The molecule has 0 aliphatic carbocycles. The van der Waals surface area contributed by atoms with E-state index in [-0.39, 0.29) is 5.56 Å². The number of aromatic nitrogens is 3. The Morgan fingerprint density at radius 2 is 2.08 bits per heavy atom. The van der Waals surface area contributed by atoms with Crippen molar-refractivity contribution in [3.05, 3.63) is 74.9 Å². The fraction of sp³-hybridized carbons (Fsp3) is 0.0556. The molecule has 0 saturated heterocycles. The maximum Gasteiger partial charge on any atom is 0.291 e. The largest absolute Gasteiger partial charge is 0.490 e. The van der Waals surface area contributed by atoms with Gasteiger partial charge in [-0.2, -0.15) is 9.50 Å². The lowest BCUT2D eigenvalue weighted by atomic mass is 10.2. The third kappa shape index (κ3) is 3.11. The van der Waals surface area contributed by atoms with Crippen molar-refractivity contribution < 1.29 is 4.74 Å². The standard InChI is InChI=1S/C18H13N3O2S2/c1-2-9-23-13-7-5-12(6-8-13)11-15-17(22)21-18(25-15)19-16(20-21)14-4-3-10-24-14/h2-8,10-11H,1,9H2. The second-order valence-corrected chi connectivity index (χ2v) is 7.15. The zero-order chi connectivity index (χ0) is 17.2. The van der Waals surface area contributed by atoms with Gasteiger partial charge in [-0.15, -0.1) is 16.4 Å². The van der Waals surface area contributed by atoms with Gasteiger partial charge in [0.25, 0.3) is 5.56 Å². The van der Waals surface area contributed by atoms with Gasteiger partial charge < -0.3 is 4.74 Å². The van der Waals surface area contributed by atoms with Crippen LogP contribution in [0.3, 0.4) is 0 Å². The molecule has 0 unspecified atom stereocenters. The van der Waals surface area contributed by atoms with Crippen LogP contribution < -0.4 is 14.8 Å². The number of rotatable bonds is 5. The first-order valence-electron chi connectivity index (χ1n) is 7.53. The highest BCUT2D eigenvalue weighted by molar-refractivity contribution is 7.15. The monoisotopic (exact) mass is 367 g/mol. The van der Waals surface area contributed by atoms with Crippen LogP contribution in [-0.4, -0.2) is 21.2 Å². The molecule has 0 amide bonds. The molecule has 0 bridgehead atoms. The van der Waals surface area contributed by atoms with Crippen molar-refractivity contribution in [1.29, 1.82) is 0 Å². The summed E-state index contributed by atoms with van der Waals surface area (Å²) in [5, 5.41) is 6.29. The molecule has 5 nitrogen and oxygen atoms in total. The van der Waals surface area contributed by atoms with Crippen LogP contribution in [0.4, 0.5) is 0 Å². The molecular formula is C18H13N3O2S2. The first kappa shape index (κ1) is 15.7. The zero-order valence-electron chi connectivity index (χ0n) is 13.1. The van der Waals surface area contributed by atoms with E-state index in [1.807, 2.05) is 47.9 Å². The predicted octanol–water partition coefficient (Wildman–Crippen LogP) is 2.99. The molecule has 0 radical (unpaired) electrons. The van der Waals surface area contributed by atoms with Crippen LogP contribution in [0.1, 0.15) is 5.56 Å². The van der Waals surface area contributed by atoms with E-state index in [9.17, 15) is 4.79 Å². The van der Waals surface area contributed by atoms with Gasteiger partial charge in [0.1, 0.15) is 12.4 Å². The second kappa shape index (κ2) is 6.62. The first-order valence-corrected chi connectivity index (χ1v) is 9.23. The molecule has 1 aromatic carbocycles. The molecule has 3 aromatic heterocycles. The van der Waals surface area contributed by atoms with Crippen LogP contribution in [0.25, 0.3) is 21.7 Å². The summed E-state index contributed by atoms with van der Waals surface area (Å²) < 4.78 is 7.43. The molecule has 0 fully saturated rings. The van der Waals surface area contributed by atoms with Crippen LogP contribution in [0.2, 0.25) is 0 Å². The Balaban J connectivity index is 1.68. The van der Waals surface area contributed by atoms with Crippen molar-refractivity contribution in [3.63, 3.8) is 0 Å². The number of thiophene rings is 1. The average molecular weight is 367 g/mol. The van der Waals surface area contributed by atoms with Gasteiger partial charge in [-0.05, 0) is 35.2 Å². The van der Waals surface area contributed by atoms with Crippen LogP contribution in [0.15, 0.2) is 59.2 Å². The smallest absolute Gasteiger partial charge is 0.291 e. The molecular weight excluding hydrogens is 354 g/mol. The van der Waals surface area contributed by atoms with Crippen molar-refractivity contribution >= 4 is 33.7 Å². The van der Waals surface area contributed by atoms with Gasteiger partial charge in [-0.3, -0.25) is 4.79 Å².